The molecule has 0 aliphatic carbocycles. The van der Waals surface area contributed by atoms with Gasteiger partial charge < -0.3 is 9.84 Å². The second-order valence-corrected chi connectivity index (χ2v) is 4.77. The van der Waals surface area contributed by atoms with Crippen molar-refractivity contribution >= 4 is 0 Å². The maximum Gasteiger partial charge on any atom is 0.0882 e. The summed E-state index contributed by atoms with van der Waals surface area (Å²) >= 11 is 0. The van der Waals surface area contributed by atoms with E-state index in [1.807, 2.05) is 13.8 Å². The van der Waals surface area contributed by atoms with Crippen molar-refractivity contribution in [1.29, 1.82) is 0 Å². The molecule has 2 atom stereocenters. The van der Waals surface area contributed by atoms with E-state index >= 15 is 0 Å². The van der Waals surface area contributed by atoms with Crippen molar-refractivity contribution in [3.8, 4) is 11.8 Å². The molecular formula is C13H24O2. The second-order valence-electron chi connectivity index (χ2n) is 4.77. The molecule has 0 aromatic rings. The van der Waals surface area contributed by atoms with Crippen molar-refractivity contribution in [1.82, 2.24) is 0 Å². The highest BCUT2D eigenvalue weighted by atomic mass is 16.5. The standard InChI is InChI=1S/C13H24O2/c1-6-8-9-10-11(14)12(15-7-2)13(3,4)5/h11-12,14H,7,9-10H2,1-5H3. The zero-order valence-corrected chi connectivity index (χ0v) is 10.6. The van der Waals surface area contributed by atoms with Gasteiger partial charge in [0.1, 0.15) is 0 Å². The van der Waals surface area contributed by atoms with E-state index in [4.69, 9.17) is 4.74 Å². The molecule has 88 valence electrons. The summed E-state index contributed by atoms with van der Waals surface area (Å²) in [6.07, 6.45) is 0.882. The molecule has 0 heterocycles. The number of hydrogen-bond acceptors (Lipinski definition) is 2. The lowest BCUT2D eigenvalue weighted by Crippen LogP contribution is -2.40. The lowest BCUT2D eigenvalue weighted by molar-refractivity contribution is -0.0897. The molecular weight excluding hydrogens is 188 g/mol. The van der Waals surface area contributed by atoms with E-state index < -0.39 is 6.10 Å². The summed E-state index contributed by atoms with van der Waals surface area (Å²) in [6, 6.07) is 0. The van der Waals surface area contributed by atoms with Crippen LogP contribution in [0.3, 0.4) is 0 Å². The van der Waals surface area contributed by atoms with Crippen LogP contribution in [0.5, 0.6) is 0 Å². The second kappa shape index (κ2) is 6.87. The molecule has 0 saturated heterocycles. The minimum absolute atomic E-state index is 0.0327. The Balaban J connectivity index is 4.26. The van der Waals surface area contributed by atoms with E-state index in [-0.39, 0.29) is 11.5 Å². The Kier molecular flexibility index (Phi) is 6.63. The Morgan fingerprint density at radius 2 is 1.93 bits per heavy atom. The van der Waals surface area contributed by atoms with E-state index in [1.165, 1.54) is 0 Å². The zero-order chi connectivity index (χ0) is 11.9. The van der Waals surface area contributed by atoms with E-state index in [0.717, 1.165) is 6.42 Å². The largest absolute Gasteiger partial charge is 0.390 e. The van der Waals surface area contributed by atoms with Crippen LogP contribution in [-0.4, -0.2) is 23.9 Å². The first kappa shape index (κ1) is 14.5. The summed E-state index contributed by atoms with van der Waals surface area (Å²) in [4.78, 5) is 0. The molecule has 2 heteroatoms. The summed E-state index contributed by atoms with van der Waals surface area (Å²) in [5, 5.41) is 10.0. The van der Waals surface area contributed by atoms with E-state index in [1.54, 1.807) is 0 Å². The van der Waals surface area contributed by atoms with Gasteiger partial charge in [-0.3, -0.25) is 0 Å². The molecule has 2 unspecified atom stereocenters. The third kappa shape index (κ3) is 5.81. The minimum Gasteiger partial charge on any atom is -0.390 e. The van der Waals surface area contributed by atoms with Gasteiger partial charge in [-0.1, -0.05) is 20.8 Å². The Hall–Kier alpha value is -0.520. The van der Waals surface area contributed by atoms with Gasteiger partial charge in [-0.2, -0.15) is 0 Å². The first-order valence-corrected chi connectivity index (χ1v) is 5.62. The highest BCUT2D eigenvalue weighted by Crippen LogP contribution is 2.26. The quantitative estimate of drug-likeness (QED) is 0.710. The first-order chi connectivity index (χ1) is 6.93. The van der Waals surface area contributed by atoms with Crippen LogP contribution < -0.4 is 0 Å². The van der Waals surface area contributed by atoms with Gasteiger partial charge in [-0.15, -0.1) is 11.8 Å². The highest BCUT2D eigenvalue weighted by Gasteiger charge is 2.31. The number of rotatable bonds is 5. The fraction of sp³-hybridized carbons (Fsp3) is 0.846. The fourth-order valence-corrected chi connectivity index (χ4v) is 1.61. The van der Waals surface area contributed by atoms with Crippen LogP contribution in [-0.2, 0) is 4.74 Å². The van der Waals surface area contributed by atoms with Crippen LogP contribution in [0.1, 0.15) is 47.5 Å². The molecule has 0 radical (unpaired) electrons. The molecule has 0 aliphatic heterocycles. The van der Waals surface area contributed by atoms with Gasteiger partial charge in [0.2, 0.25) is 0 Å². The maximum atomic E-state index is 10.0. The van der Waals surface area contributed by atoms with Crippen molar-refractivity contribution in [2.24, 2.45) is 5.41 Å². The third-order valence-corrected chi connectivity index (χ3v) is 2.29. The summed E-state index contributed by atoms with van der Waals surface area (Å²) in [7, 11) is 0. The molecule has 2 nitrogen and oxygen atoms in total. The third-order valence-electron chi connectivity index (χ3n) is 2.29. The van der Waals surface area contributed by atoms with Crippen molar-refractivity contribution in [3.63, 3.8) is 0 Å². The molecule has 0 saturated carbocycles. The number of hydrogen-bond donors (Lipinski definition) is 1. The summed E-state index contributed by atoms with van der Waals surface area (Å²) < 4.78 is 5.60. The normalized spacial score (nSPS) is 15.3. The van der Waals surface area contributed by atoms with Gasteiger partial charge >= 0.3 is 0 Å². The van der Waals surface area contributed by atoms with Crippen molar-refractivity contribution < 1.29 is 9.84 Å². The zero-order valence-electron chi connectivity index (χ0n) is 10.6. The van der Waals surface area contributed by atoms with E-state index in [2.05, 4.69) is 32.6 Å². The molecule has 0 amide bonds. The van der Waals surface area contributed by atoms with Gasteiger partial charge in [-0.05, 0) is 25.7 Å². The predicted octanol–water partition coefficient (Wildman–Crippen LogP) is 2.60. The SMILES string of the molecule is CC#CCCC(O)C(OCC)C(C)(C)C. The van der Waals surface area contributed by atoms with Crippen LogP contribution in [0.4, 0.5) is 0 Å². The van der Waals surface area contributed by atoms with Crippen LogP contribution in [0.2, 0.25) is 0 Å². The molecule has 1 N–H and O–H groups in total. The monoisotopic (exact) mass is 212 g/mol. The minimum atomic E-state index is -0.425. The lowest BCUT2D eigenvalue weighted by atomic mass is 9.84. The van der Waals surface area contributed by atoms with E-state index in [0.29, 0.717) is 13.0 Å². The van der Waals surface area contributed by atoms with Gasteiger partial charge in [0.05, 0.1) is 12.2 Å². The molecule has 0 aliphatic rings. The van der Waals surface area contributed by atoms with Crippen molar-refractivity contribution in [2.75, 3.05) is 6.61 Å². The molecule has 15 heavy (non-hydrogen) atoms. The van der Waals surface area contributed by atoms with Crippen LogP contribution in [0.25, 0.3) is 0 Å². The van der Waals surface area contributed by atoms with Crippen LogP contribution in [0, 0.1) is 17.3 Å². The first-order valence-electron chi connectivity index (χ1n) is 5.62. The highest BCUT2D eigenvalue weighted by molar-refractivity contribution is 4.96. The Morgan fingerprint density at radius 3 is 2.33 bits per heavy atom. The molecule has 0 aromatic heterocycles. The Bertz CT molecular complexity index is 217. The number of aliphatic hydroxyl groups excluding tert-OH is 1. The average Bonchev–Trinajstić information content (AvgIpc) is 2.12. The molecule has 0 spiro atoms. The van der Waals surface area contributed by atoms with Gasteiger partial charge in [0, 0.05) is 13.0 Å². The number of aliphatic hydroxyl groups is 1. The van der Waals surface area contributed by atoms with Crippen molar-refractivity contribution in [2.45, 2.75) is 59.7 Å². The molecule has 0 fully saturated rings. The fourth-order valence-electron chi connectivity index (χ4n) is 1.61. The predicted molar refractivity (Wildman–Crippen MR) is 63.6 cm³/mol. The molecule has 0 rings (SSSR count). The van der Waals surface area contributed by atoms with Gasteiger partial charge in [0.25, 0.3) is 0 Å². The van der Waals surface area contributed by atoms with Crippen LogP contribution in [0.15, 0.2) is 0 Å². The topological polar surface area (TPSA) is 29.5 Å². The molecule has 0 aromatic carbocycles. The van der Waals surface area contributed by atoms with Gasteiger partial charge in [0.15, 0.2) is 0 Å². The Labute approximate surface area is 94.0 Å². The summed E-state index contributed by atoms with van der Waals surface area (Å²) in [5.41, 5.74) is -0.0327. The Morgan fingerprint density at radius 1 is 1.33 bits per heavy atom. The average molecular weight is 212 g/mol. The summed E-state index contributed by atoms with van der Waals surface area (Å²) in [5.74, 6) is 5.79. The lowest BCUT2D eigenvalue weighted by Gasteiger charge is -2.34. The van der Waals surface area contributed by atoms with Gasteiger partial charge in [-0.25, -0.2) is 0 Å². The maximum absolute atomic E-state index is 10.0. The van der Waals surface area contributed by atoms with Crippen molar-refractivity contribution in [3.05, 3.63) is 0 Å². The van der Waals surface area contributed by atoms with Crippen LogP contribution >= 0.6 is 0 Å². The molecule has 0 bridgehead atoms. The van der Waals surface area contributed by atoms with E-state index in [9.17, 15) is 5.11 Å². The number of ether oxygens (including phenoxy) is 1. The smallest absolute Gasteiger partial charge is 0.0882 e. The summed E-state index contributed by atoms with van der Waals surface area (Å²) in [6.45, 7) is 10.7.